The lowest BCUT2D eigenvalue weighted by atomic mass is 10.1. The Labute approximate surface area is 87.8 Å². The van der Waals surface area contributed by atoms with Gasteiger partial charge in [0.25, 0.3) is 0 Å². The number of nitrogens with one attached hydrogen (secondary N) is 1. The lowest BCUT2D eigenvalue weighted by Crippen LogP contribution is -2.21. The van der Waals surface area contributed by atoms with Crippen LogP contribution in [-0.2, 0) is 16.6 Å². The van der Waals surface area contributed by atoms with E-state index in [0.717, 1.165) is 6.26 Å². The SMILES string of the molecule is CS(=O)(=O)NCc1ccc(C(=O)O)cc1. The van der Waals surface area contributed by atoms with Crippen molar-refractivity contribution in [2.24, 2.45) is 0 Å². The molecule has 0 bridgehead atoms. The van der Waals surface area contributed by atoms with E-state index >= 15 is 0 Å². The number of aromatic carboxylic acids is 1. The minimum atomic E-state index is -3.22. The summed E-state index contributed by atoms with van der Waals surface area (Å²) in [5.41, 5.74) is 0.892. The van der Waals surface area contributed by atoms with Gasteiger partial charge in [0.15, 0.2) is 0 Å². The maximum absolute atomic E-state index is 10.8. The highest BCUT2D eigenvalue weighted by Crippen LogP contribution is 2.04. The van der Waals surface area contributed by atoms with E-state index in [0.29, 0.717) is 5.56 Å². The number of carboxylic acid groups (broad SMARTS) is 1. The number of sulfonamides is 1. The molecular weight excluding hydrogens is 218 g/mol. The van der Waals surface area contributed by atoms with Crippen LogP contribution in [0.5, 0.6) is 0 Å². The summed E-state index contributed by atoms with van der Waals surface area (Å²) < 4.78 is 23.9. The maximum atomic E-state index is 10.8. The Hall–Kier alpha value is -1.40. The molecule has 6 heteroatoms. The summed E-state index contributed by atoms with van der Waals surface area (Å²) in [5.74, 6) is -1.00. The highest BCUT2D eigenvalue weighted by molar-refractivity contribution is 7.88. The van der Waals surface area contributed by atoms with Gasteiger partial charge in [-0.25, -0.2) is 17.9 Å². The predicted molar refractivity (Wildman–Crippen MR) is 55.1 cm³/mol. The number of carboxylic acids is 1. The van der Waals surface area contributed by atoms with E-state index in [1.807, 2.05) is 0 Å². The first-order valence-corrected chi connectivity index (χ1v) is 6.04. The Morgan fingerprint density at radius 2 is 1.87 bits per heavy atom. The molecule has 0 atom stereocenters. The van der Waals surface area contributed by atoms with Crippen molar-refractivity contribution in [3.63, 3.8) is 0 Å². The van der Waals surface area contributed by atoms with Crippen LogP contribution in [0.1, 0.15) is 15.9 Å². The second-order valence-corrected chi connectivity index (χ2v) is 4.93. The molecule has 15 heavy (non-hydrogen) atoms. The first kappa shape index (κ1) is 11.7. The summed E-state index contributed by atoms with van der Waals surface area (Å²) in [7, 11) is -3.22. The topological polar surface area (TPSA) is 83.5 Å². The molecule has 0 fully saturated rings. The molecule has 0 aliphatic rings. The third-order valence-electron chi connectivity index (χ3n) is 1.74. The molecule has 82 valence electrons. The van der Waals surface area contributed by atoms with Gasteiger partial charge < -0.3 is 5.11 Å². The van der Waals surface area contributed by atoms with E-state index in [4.69, 9.17) is 5.11 Å². The molecule has 0 aliphatic heterocycles. The van der Waals surface area contributed by atoms with Crippen molar-refractivity contribution in [2.75, 3.05) is 6.26 Å². The van der Waals surface area contributed by atoms with Crippen LogP contribution < -0.4 is 4.72 Å². The second-order valence-electron chi connectivity index (χ2n) is 3.10. The summed E-state index contributed by atoms with van der Waals surface area (Å²) in [4.78, 5) is 10.5. The van der Waals surface area contributed by atoms with E-state index in [1.165, 1.54) is 12.1 Å². The van der Waals surface area contributed by atoms with Crippen molar-refractivity contribution in [2.45, 2.75) is 6.54 Å². The molecule has 0 spiro atoms. The van der Waals surface area contributed by atoms with Gasteiger partial charge in [-0.3, -0.25) is 0 Å². The highest BCUT2D eigenvalue weighted by Gasteiger charge is 2.03. The Kier molecular flexibility index (Phi) is 3.43. The highest BCUT2D eigenvalue weighted by atomic mass is 32.2. The first-order valence-electron chi connectivity index (χ1n) is 4.15. The minimum Gasteiger partial charge on any atom is -0.478 e. The molecule has 1 rings (SSSR count). The van der Waals surface area contributed by atoms with Crippen LogP contribution in [0.2, 0.25) is 0 Å². The molecule has 5 nitrogen and oxygen atoms in total. The molecule has 0 unspecified atom stereocenters. The molecule has 2 N–H and O–H groups in total. The standard InChI is InChI=1S/C9H11NO4S/c1-15(13,14)10-6-7-2-4-8(5-3-7)9(11)12/h2-5,10H,6H2,1H3,(H,11,12). The molecule has 0 heterocycles. The number of rotatable bonds is 4. The third-order valence-corrected chi connectivity index (χ3v) is 2.41. The Morgan fingerprint density at radius 1 is 1.33 bits per heavy atom. The normalized spacial score (nSPS) is 11.3. The number of benzene rings is 1. The monoisotopic (exact) mass is 229 g/mol. The maximum Gasteiger partial charge on any atom is 0.335 e. The average Bonchev–Trinajstić information content (AvgIpc) is 2.14. The van der Waals surface area contributed by atoms with Crippen LogP contribution in [0.15, 0.2) is 24.3 Å². The first-order chi connectivity index (χ1) is 6.88. The van der Waals surface area contributed by atoms with Gasteiger partial charge in [0.1, 0.15) is 0 Å². The van der Waals surface area contributed by atoms with Crippen molar-refractivity contribution in [3.8, 4) is 0 Å². The van der Waals surface area contributed by atoms with E-state index in [9.17, 15) is 13.2 Å². The number of carbonyl (C=O) groups is 1. The second kappa shape index (κ2) is 4.41. The Morgan fingerprint density at radius 3 is 2.27 bits per heavy atom. The summed E-state index contributed by atoms with van der Waals surface area (Å²) in [6.45, 7) is 0.165. The summed E-state index contributed by atoms with van der Waals surface area (Å²) in [6, 6.07) is 6.01. The molecule has 0 aromatic heterocycles. The van der Waals surface area contributed by atoms with E-state index in [-0.39, 0.29) is 12.1 Å². The van der Waals surface area contributed by atoms with Gasteiger partial charge in [-0.1, -0.05) is 12.1 Å². The molecular formula is C9H11NO4S. The van der Waals surface area contributed by atoms with Gasteiger partial charge in [-0.15, -0.1) is 0 Å². The fourth-order valence-electron chi connectivity index (χ4n) is 0.980. The minimum absolute atomic E-state index is 0.165. The van der Waals surface area contributed by atoms with Gasteiger partial charge in [0.05, 0.1) is 11.8 Å². The van der Waals surface area contributed by atoms with Crippen LogP contribution in [0.4, 0.5) is 0 Å². The van der Waals surface area contributed by atoms with Crippen molar-refractivity contribution in [1.82, 2.24) is 4.72 Å². The fourth-order valence-corrected chi connectivity index (χ4v) is 1.41. The van der Waals surface area contributed by atoms with E-state index < -0.39 is 16.0 Å². The van der Waals surface area contributed by atoms with Crippen LogP contribution in [-0.4, -0.2) is 25.7 Å². The van der Waals surface area contributed by atoms with Crippen LogP contribution in [0, 0.1) is 0 Å². The quantitative estimate of drug-likeness (QED) is 0.784. The Bertz CT molecular complexity index is 450. The summed E-state index contributed by atoms with van der Waals surface area (Å²) >= 11 is 0. The molecule has 1 aromatic rings. The van der Waals surface area contributed by atoms with Crippen molar-refractivity contribution in [1.29, 1.82) is 0 Å². The van der Waals surface area contributed by atoms with Crippen molar-refractivity contribution in [3.05, 3.63) is 35.4 Å². The van der Waals surface area contributed by atoms with Gasteiger partial charge >= 0.3 is 5.97 Å². The van der Waals surface area contributed by atoms with Gasteiger partial charge in [0, 0.05) is 6.54 Å². The average molecular weight is 229 g/mol. The van der Waals surface area contributed by atoms with E-state index in [2.05, 4.69) is 4.72 Å². The van der Waals surface area contributed by atoms with E-state index in [1.54, 1.807) is 12.1 Å². The Balaban J connectivity index is 2.69. The smallest absolute Gasteiger partial charge is 0.335 e. The van der Waals surface area contributed by atoms with Crippen LogP contribution in [0.25, 0.3) is 0 Å². The lowest BCUT2D eigenvalue weighted by Gasteiger charge is -2.02. The molecule has 0 amide bonds. The zero-order valence-corrected chi connectivity index (χ0v) is 8.91. The van der Waals surface area contributed by atoms with Gasteiger partial charge in [-0.05, 0) is 17.7 Å². The van der Waals surface area contributed by atoms with Crippen molar-refractivity contribution >= 4 is 16.0 Å². The molecule has 0 saturated carbocycles. The zero-order valence-electron chi connectivity index (χ0n) is 8.10. The molecule has 0 saturated heterocycles. The predicted octanol–water partition coefficient (Wildman–Crippen LogP) is 0.434. The van der Waals surface area contributed by atoms with Crippen LogP contribution >= 0.6 is 0 Å². The molecule has 0 aliphatic carbocycles. The fraction of sp³-hybridized carbons (Fsp3) is 0.222. The number of hydrogen-bond acceptors (Lipinski definition) is 3. The summed E-state index contributed by atoms with van der Waals surface area (Å²) in [5, 5.41) is 8.62. The third kappa shape index (κ3) is 4.09. The largest absolute Gasteiger partial charge is 0.478 e. The number of hydrogen-bond donors (Lipinski definition) is 2. The van der Waals surface area contributed by atoms with Crippen LogP contribution in [0.3, 0.4) is 0 Å². The van der Waals surface area contributed by atoms with Gasteiger partial charge in [-0.2, -0.15) is 0 Å². The van der Waals surface area contributed by atoms with Crippen molar-refractivity contribution < 1.29 is 18.3 Å². The lowest BCUT2D eigenvalue weighted by molar-refractivity contribution is 0.0697. The molecule has 0 radical (unpaired) electrons. The zero-order chi connectivity index (χ0) is 11.5. The van der Waals surface area contributed by atoms with Gasteiger partial charge in [0.2, 0.25) is 10.0 Å². The molecule has 1 aromatic carbocycles. The summed E-state index contributed by atoms with van der Waals surface area (Å²) in [6.07, 6.45) is 1.07.